The van der Waals surface area contributed by atoms with Gasteiger partial charge in [-0.25, -0.2) is 9.97 Å². The Morgan fingerprint density at radius 3 is 2.75 bits per heavy atom. The van der Waals surface area contributed by atoms with Gasteiger partial charge in [0.2, 0.25) is 11.9 Å². The van der Waals surface area contributed by atoms with Crippen molar-refractivity contribution in [2.75, 3.05) is 38.4 Å². The number of ether oxygens (including phenoxy) is 2. The van der Waals surface area contributed by atoms with E-state index in [-0.39, 0.29) is 12.3 Å². The summed E-state index contributed by atoms with van der Waals surface area (Å²) in [6.45, 7) is 0.588. The zero-order valence-electron chi connectivity index (χ0n) is 18.1. The highest BCUT2D eigenvalue weighted by atomic mass is 16.5. The normalized spacial score (nSPS) is 11.8. The minimum Gasteiger partial charge on any atom is -0.493 e. The predicted molar refractivity (Wildman–Crippen MR) is 123 cm³/mol. The molecular formula is C24H23N5O3. The van der Waals surface area contributed by atoms with Crippen LogP contribution in [0.4, 0.5) is 17.3 Å². The summed E-state index contributed by atoms with van der Waals surface area (Å²) in [5, 5.41) is 9.14. The highest BCUT2D eigenvalue weighted by molar-refractivity contribution is 6.00. The third kappa shape index (κ3) is 4.48. The van der Waals surface area contributed by atoms with Crippen LogP contribution in [-0.2, 0) is 11.2 Å². The monoisotopic (exact) mass is 429 g/mol. The van der Waals surface area contributed by atoms with Crippen LogP contribution < -0.4 is 25.4 Å². The average Bonchev–Trinajstić information content (AvgIpc) is 2.94. The van der Waals surface area contributed by atoms with Crippen molar-refractivity contribution in [2.45, 2.75) is 6.42 Å². The van der Waals surface area contributed by atoms with Gasteiger partial charge in [0.1, 0.15) is 0 Å². The molecule has 2 heterocycles. The number of nitrogens with zero attached hydrogens (tertiary/aromatic N) is 2. The molecule has 0 spiro atoms. The number of rotatable bonds is 5. The van der Waals surface area contributed by atoms with Crippen LogP contribution in [0.15, 0.2) is 42.6 Å². The van der Waals surface area contributed by atoms with Crippen LogP contribution >= 0.6 is 0 Å². The number of nitrogens with one attached hydrogen (secondary N) is 3. The standard InChI is InChI=1S/C24H23N5O3/c1-25-10-4-5-15-6-8-18-19(11-15)28-22(30)12-16-14-26-24(29-23(16)18)27-17-7-9-20(31-2)21(13-17)32-3/h6-9,11,13-14,25H,10,12H2,1-3H3,(H,28,30)(H,26,27,29). The number of hydrogen-bond acceptors (Lipinski definition) is 7. The van der Waals surface area contributed by atoms with Crippen molar-refractivity contribution in [3.63, 3.8) is 0 Å². The third-order valence-corrected chi connectivity index (χ3v) is 4.90. The molecule has 8 heteroatoms. The third-order valence-electron chi connectivity index (χ3n) is 4.90. The summed E-state index contributed by atoms with van der Waals surface area (Å²) in [6, 6.07) is 11.2. The van der Waals surface area contributed by atoms with Gasteiger partial charge in [0.25, 0.3) is 0 Å². The van der Waals surface area contributed by atoms with Crippen molar-refractivity contribution in [1.82, 2.24) is 15.3 Å². The van der Waals surface area contributed by atoms with Crippen molar-refractivity contribution < 1.29 is 14.3 Å². The van der Waals surface area contributed by atoms with E-state index in [2.05, 4.69) is 32.8 Å². The van der Waals surface area contributed by atoms with Gasteiger partial charge in [-0.15, -0.1) is 0 Å². The molecule has 1 aromatic heterocycles. The minimum absolute atomic E-state index is 0.116. The van der Waals surface area contributed by atoms with Gasteiger partial charge in [-0.2, -0.15) is 0 Å². The first-order valence-electron chi connectivity index (χ1n) is 10.0. The fourth-order valence-electron chi connectivity index (χ4n) is 3.41. The van der Waals surface area contributed by atoms with Crippen molar-refractivity contribution in [3.8, 4) is 34.6 Å². The first-order chi connectivity index (χ1) is 15.6. The number of amides is 1. The van der Waals surface area contributed by atoms with Crippen molar-refractivity contribution in [2.24, 2.45) is 0 Å². The van der Waals surface area contributed by atoms with Gasteiger partial charge in [0, 0.05) is 34.6 Å². The van der Waals surface area contributed by atoms with Crippen molar-refractivity contribution in [1.29, 1.82) is 0 Å². The van der Waals surface area contributed by atoms with E-state index in [1.807, 2.05) is 37.4 Å². The topological polar surface area (TPSA) is 97.4 Å². The largest absolute Gasteiger partial charge is 0.493 e. The van der Waals surface area contributed by atoms with E-state index in [0.717, 1.165) is 22.4 Å². The van der Waals surface area contributed by atoms with Crippen LogP contribution in [0.25, 0.3) is 11.3 Å². The van der Waals surface area contributed by atoms with Crippen LogP contribution in [0.3, 0.4) is 0 Å². The molecule has 2 aromatic carbocycles. The van der Waals surface area contributed by atoms with Gasteiger partial charge in [-0.1, -0.05) is 11.8 Å². The van der Waals surface area contributed by atoms with E-state index in [1.54, 1.807) is 26.5 Å². The summed E-state index contributed by atoms with van der Waals surface area (Å²) < 4.78 is 10.6. The lowest BCUT2D eigenvalue weighted by Gasteiger charge is -2.12. The Labute approximate surface area is 186 Å². The predicted octanol–water partition coefficient (Wildman–Crippen LogP) is 2.97. The molecule has 0 radical (unpaired) electrons. The second-order valence-electron chi connectivity index (χ2n) is 7.08. The molecule has 1 aliphatic heterocycles. The summed E-state index contributed by atoms with van der Waals surface area (Å²) >= 11 is 0. The van der Waals surface area contributed by atoms with Gasteiger partial charge in [-0.3, -0.25) is 4.79 Å². The fraction of sp³-hybridized carbons (Fsp3) is 0.208. The van der Waals surface area contributed by atoms with E-state index in [4.69, 9.17) is 14.5 Å². The Bertz CT molecular complexity index is 1230. The van der Waals surface area contributed by atoms with E-state index >= 15 is 0 Å². The molecule has 4 rings (SSSR count). The number of carbonyl (C=O) groups is 1. The van der Waals surface area contributed by atoms with Crippen molar-refractivity contribution in [3.05, 3.63) is 53.7 Å². The lowest BCUT2D eigenvalue weighted by atomic mass is 10.0. The summed E-state index contributed by atoms with van der Waals surface area (Å²) in [5.41, 5.74) is 4.53. The number of hydrogen-bond donors (Lipinski definition) is 3. The zero-order chi connectivity index (χ0) is 22.5. The molecule has 1 aliphatic rings. The summed E-state index contributed by atoms with van der Waals surface area (Å²) in [7, 11) is 5.01. The Kier molecular flexibility index (Phi) is 6.19. The quantitative estimate of drug-likeness (QED) is 0.537. The number of carbonyl (C=O) groups excluding carboxylic acids is 1. The van der Waals surface area contributed by atoms with Gasteiger partial charge < -0.3 is 25.4 Å². The molecule has 0 aliphatic carbocycles. The number of aromatic nitrogens is 2. The van der Waals surface area contributed by atoms with Crippen LogP contribution in [-0.4, -0.2) is 43.7 Å². The lowest BCUT2D eigenvalue weighted by Crippen LogP contribution is -2.13. The molecule has 0 unspecified atom stereocenters. The minimum atomic E-state index is -0.116. The highest BCUT2D eigenvalue weighted by Gasteiger charge is 2.21. The SMILES string of the molecule is CNCC#Cc1ccc2c(c1)NC(=O)Cc1cnc(Nc3ccc(OC)c(OC)c3)nc1-2. The average molecular weight is 429 g/mol. The number of fused-ring (bicyclic) bond motifs is 3. The zero-order valence-corrected chi connectivity index (χ0v) is 18.1. The Hall–Kier alpha value is -4.09. The maximum Gasteiger partial charge on any atom is 0.228 e. The molecule has 0 fully saturated rings. The highest BCUT2D eigenvalue weighted by Crippen LogP contribution is 2.35. The molecule has 162 valence electrons. The van der Waals surface area contributed by atoms with Gasteiger partial charge in [-0.05, 0) is 37.4 Å². The Balaban J connectivity index is 1.70. The number of benzene rings is 2. The Morgan fingerprint density at radius 2 is 1.97 bits per heavy atom. The molecule has 8 nitrogen and oxygen atoms in total. The molecule has 0 saturated carbocycles. The molecule has 0 bridgehead atoms. The van der Waals surface area contributed by atoms with E-state index in [0.29, 0.717) is 35.4 Å². The second kappa shape index (κ2) is 9.37. The maximum absolute atomic E-state index is 12.4. The van der Waals surface area contributed by atoms with E-state index in [1.165, 1.54) is 0 Å². The van der Waals surface area contributed by atoms with Gasteiger partial charge >= 0.3 is 0 Å². The molecule has 0 saturated heterocycles. The summed E-state index contributed by atoms with van der Waals surface area (Å²) in [5.74, 6) is 7.64. The van der Waals surface area contributed by atoms with Gasteiger partial charge in [0.05, 0.1) is 38.6 Å². The summed E-state index contributed by atoms with van der Waals surface area (Å²) in [6.07, 6.45) is 1.88. The number of methoxy groups -OCH3 is 2. The molecule has 0 atom stereocenters. The lowest BCUT2D eigenvalue weighted by molar-refractivity contribution is -0.115. The smallest absolute Gasteiger partial charge is 0.228 e. The molecule has 3 aromatic rings. The summed E-state index contributed by atoms with van der Waals surface area (Å²) in [4.78, 5) is 21.5. The molecule has 3 N–H and O–H groups in total. The van der Waals surface area contributed by atoms with Crippen molar-refractivity contribution >= 4 is 23.2 Å². The first-order valence-corrected chi connectivity index (χ1v) is 10.0. The fourth-order valence-corrected chi connectivity index (χ4v) is 3.41. The molecular weight excluding hydrogens is 406 g/mol. The van der Waals surface area contributed by atoms with Crippen LogP contribution in [0, 0.1) is 11.8 Å². The maximum atomic E-state index is 12.4. The molecule has 32 heavy (non-hydrogen) atoms. The Morgan fingerprint density at radius 1 is 1.12 bits per heavy atom. The van der Waals surface area contributed by atoms with Gasteiger partial charge in [0.15, 0.2) is 11.5 Å². The molecule has 1 amide bonds. The number of anilines is 3. The van der Waals surface area contributed by atoms with Crippen LogP contribution in [0.1, 0.15) is 11.1 Å². The van der Waals surface area contributed by atoms with Crippen LogP contribution in [0.5, 0.6) is 11.5 Å². The second-order valence-corrected chi connectivity index (χ2v) is 7.08. The first kappa shape index (κ1) is 21.2. The van der Waals surface area contributed by atoms with Crippen LogP contribution in [0.2, 0.25) is 0 Å². The van der Waals surface area contributed by atoms with E-state index in [9.17, 15) is 4.79 Å². The van der Waals surface area contributed by atoms with E-state index < -0.39 is 0 Å².